The van der Waals surface area contributed by atoms with Crippen molar-refractivity contribution in [3.63, 3.8) is 0 Å². The molecule has 1 saturated heterocycles. The fourth-order valence-corrected chi connectivity index (χ4v) is 3.14. The Balaban J connectivity index is 0.000000569. The highest BCUT2D eigenvalue weighted by Gasteiger charge is 2.33. The largest absolute Gasteiger partial charge is 0.483 e. The van der Waals surface area contributed by atoms with Crippen molar-refractivity contribution in [2.24, 2.45) is 5.92 Å². The van der Waals surface area contributed by atoms with E-state index in [2.05, 4.69) is 25.3 Å². The number of rotatable bonds is 5. The van der Waals surface area contributed by atoms with Crippen molar-refractivity contribution < 1.29 is 19.4 Å². The topological polar surface area (TPSA) is 128 Å². The van der Waals surface area contributed by atoms with Gasteiger partial charge in [0.05, 0.1) is 18.3 Å². The third-order valence-corrected chi connectivity index (χ3v) is 4.48. The lowest BCUT2D eigenvalue weighted by atomic mass is 10.0. The van der Waals surface area contributed by atoms with E-state index in [0.717, 1.165) is 43.1 Å². The number of hydrogen-bond donors (Lipinski definition) is 3. The summed E-state index contributed by atoms with van der Waals surface area (Å²) in [6, 6.07) is 2.04. The molecule has 4 rings (SSSR count). The van der Waals surface area contributed by atoms with Crippen molar-refractivity contribution >= 4 is 6.47 Å². The lowest BCUT2D eigenvalue weighted by Gasteiger charge is -2.12. The predicted molar refractivity (Wildman–Crippen MR) is 86.8 cm³/mol. The number of aryl methyl sites for hydroxylation is 1. The summed E-state index contributed by atoms with van der Waals surface area (Å²) < 4.78 is 5.70. The predicted octanol–water partition coefficient (Wildman–Crippen LogP) is 0.715. The summed E-state index contributed by atoms with van der Waals surface area (Å²) in [5.74, 6) is 2.12. The first-order valence-electron chi connectivity index (χ1n) is 8.40. The van der Waals surface area contributed by atoms with Gasteiger partial charge in [0.25, 0.3) is 6.47 Å². The number of aliphatic hydroxyl groups excluding tert-OH is 1. The van der Waals surface area contributed by atoms with E-state index in [4.69, 9.17) is 14.3 Å². The molecule has 9 heteroatoms. The lowest BCUT2D eigenvalue weighted by molar-refractivity contribution is -0.122. The van der Waals surface area contributed by atoms with Crippen LogP contribution < -0.4 is 0 Å². The zero-order valence-electron chi connectivity index (χ0n) is 14.1. The van der Waals surface area contributed by atoms with Gasteiger partial charge in [0.1, 0.15) is 0 Å². The van der Waals surface area contributed by atoms with Gasteiger partial charge in [-0.2, -0.15) is 5.10 Å². The minimum Gasteiger partial charge on any atom is -0.483 e. The number of H-pyrrole nitrogens is 1. The smallest absolute Gasteiger partial charge is 0.290 e. The number of aliphatic hydroxyl groups is 1. The molecule has 1 saturated carbocycles. The van der Waals surface area contributed by atoms with E-state index in [1.54, 1.807) is 0 Å². The summed E-state index contributed by atoms with van der Waals surface area (Å²) in [7, 11) is 0. The molecule has 2 aromatic rings. The molecule has 2 aromatic heterocycles. The first kappa shape index (κ1) is 17.6. The molecule has 3 heterocycles. The number of carbonyl (C=O) groups is 1. The fourth-order valence-electron chi connectivity index (χ4n) is 3.14. The van der Waals surface area contributed by atoms with E-state index in [1.807, 2.05) is 13.0 Å². The van der Waals surface area contributed by atoms with E-state index in [9.17, 15) is 5.11 Å². The SMILES string of the molecule is Cc1cc(C[C@@H]2CN(Cc3nnc(C4CC4)o3)C[C@H]2O)n[nH]1.O=CO. The number of nitrogens with one attached hydrogen (secondary N) is 1. The number of aromatic nitrogens is 4. The van der Waals surface area contributed by atoms with E-state index in [0.29, 0.717) is 24.9 Å². The molecule has 1 aliphatic carbocycles. The summed E-state index contributed by atoms with van der Waals surface area (Å²) in [5.41, 5.74) is 2.06. The lowest BCUT2D eigenvalue weighted by Crippen LogP contribution is -2.21. The van der Waals surface area contributed by atoms with Crippen molar-refractivity contribution in [1.29, 1.82) is 0 Å². The van der Waals surface area contributed by atoms with Crippen LogP contribution in [-0.2, 0) is 17.8 Å². The van der Waals surface area contributed by atoms with Gasteiger partial charge in [-0.15, -0.1) is 10.2 Å². The third-order valence-electron chi connectivity index (χ3n) is 4.48. The second-order valence-corrected chi connectivity index (χ2v) is 6.68. The van der Waals surface area contributed by atoms with Crippen LogP contribution in [0.25, 0.3) is 0 Å². The van der Waals surface area contributed by atoms with Gasteiger partial charge in [-0.3, -0.25) is 14.8 Å². The summed E-state index contributed by atoms with van der Waals surface area (Å²) in [6.07, 6.45) is 2.78. The normalized spacial score (nSPS) is 23.3. The van der Waals surface area contributed by atoms with Crippen LogP contribution in [0.15, 0.2) is 10.5 Å². The van der Waals surface area contributed by atoms with Crippen LogP contribution in [0.3, 0.4) is 0 Å². The quantitative estimate of drug-likeness (QED) is 0.673. The second-order valence-electron chi connectivity index (χ2n) is 6.68. The van der Waals surface area contributed by atoms with Gasteiger partial charge in [-0.1, -0.05) is 0 Å². The molecule has 0 aromatic carbocycles. The van der Waals surface area contributed by atoms with Gasteiger partial charge in [0.15, 0.2) is 0 Å². The average molecular weight is 349 g/mol. The van der Waals surface area contributed by atoms with Crippen LogP contribution in [0, 0.1) is 12.8 Å². The number of aromatic amines is 1. The molecule has 0 bridgehead atoms. The van der Waals surface area contributed by atoms with E-state index in [1.165, 1.54) is 0 Å². The number of hydrogen-bond acceptors (Lipinski definition) is 7. The summed E-state index contributed by atoms with van der Waals surface area (Å²) in [4.78, 5) is 10.5. The zero-order chi connectivity index (χ0) is 17.8. The van der Waals surface area contributed by atoms with Crippen molar-refractivity contribution in [3.8, 4) is 0 Å². The number of nitrogens with zero attached hydrogens (tertiary/aromatic N) is 4. The first-order chi connectivity index (χ1) is 12.1. The van der Waals surface area contributed by atoms with Gasteiger partial charge < -0.3 is 14.6 Å². The summed E-state index contributed by atoms with van der Waals surface area (Å²) in [6.45, 7) is 3.83. The Morgan fingerprint density at radius 2 is 2.16 bits per heavy atom. The van der Waals surface area contributed by atoms with Gasteiger partial charge in [-0.25, -0.2) is 0 Å². The van der Waals surface area contributed by atoms with Crippen molar-refractivity contribution in [3.05, 3.63) is 29.2 Å². The molecule has 25 heavy (non-hydrogen) atoms. The Labute approximate surface area is 145 Å². The van der Waals surface area contributed by atoms with Gasteiger partial charge in [-0.05, 0) is 32.3 Å². The minimum atomic E-state index is -0.331. The van der Waals surface area contributed by atoms with Crippen LogP contribution in [0.5, 0.6) is 0 Å². The fraction of sp³-hybridized carbons (Fsp3) is 0.625. The molecule has 2 aliphatic rings. The number of β-amino-alcohol motifs (C(OH)–C–C–N with tert-alkyl or cyclic N) is 1. The molecule has 3 N–H and O–H groups in total. The highest BCUT2D eigenvalue weighted by Crippen LogP contribution is 2.39. The van der Waals surface area contributed by atoms with Crippen molar-refractivity contribution in [2.45, 2.75) is 44.8 Å². The molecule has 0 unspecified atom stereocenters. The molecule has 0 spiro atoms. The third kappa shape index (κ3) is 4.64. The van der Waals surface area contributed by atoms with E-state index in [-0.39, 0.29) is 18.5 Å². The molecule has 0 radical (unpaired) electrons. The van der Waals surface area contributed by atoms with Gasteiger partial charge in [0, 0.05) is 30.6 Å². The molecule has 2 atom stereocenters. The Bertz CT molecular complexity index is 696. The van der Waals surface area contributed by atoms with Crippen LogP contribution >= 0.6 is 0 Å². The zero-order valence-corrected chi connectivity index (χ0v) is 14.1. The molecule has 2 fully saturated rings. The standard InChI is InChI=1S/C15H21N5O2.CH2O2/c1-9-4-12(17-16-9)5-11-6-20(7-13(11)21)8-14-18-19-15(22-14)10-2-3-10;2-1-3/h4,10-11,13,21H,2-3,5-8H2,1H3,(H,16,17);1H,(H,2,3)/t11-,13-;/m1./s1. The van der Waals surface area contributed by atoms with Crippen molar-refractivity contribution in [1.82, 2.24) is 25.3 Å². The highest BCUT2D eigenvalue weighted by molar-refractivity contribution is 5.32. The van der Waals surface area contributed by atoms with Crippen LogP contribution in [0.4, 0.5) is 0 Å². The molecule has 1 aliphatic heterocycles. The summed E-state index contributed by atoms with van der Waals surface area (Å²) >= 11 is 0. The summed E-state index contributed by atoms with van der Waals surface area (Å²) in [5, 5.41) is 32.6. The Hall–Kier alpha value is -2.26. The Morgan fingerprint density at radius 1 is 1.40 bits per heavy atom. The average Bonchev–Trinajstić information content (AvgIpc) is 3.03. The van der Waals surface area contributed by atoms with Crippen LogP contribution in [0.1, 0.15) is 41.9 Å². The second kappa shape index (κ2) is 7.75. The highest BCUT2D eigenvalue weighted by atomic mass is 16.4. The van der Waals surface area contributed by atoms with Gasteiger partial charge in [0.2, 0.25) is 11.8 Å². The minimum absolute atomic E-state index is 0.202. The maximum Gasteiger partial charge on any atom is 0.290 e. The molecule has 136 valence electrons. The molecular weight excluding hydrogens is 326 g/mol. The van der Waals surface area contributed by atoms with E-state index < -0.39 is 0 Å². The Kier molecular flexibility index (Phi) is 5.44. The maximum atomic E-state index is 10.3. The van der Waals surface area contributed by atoms with Crippen molar-refractivity contribution in [2.75, 3.05) is 13.1 Å². The monoisotopic (exact) mass is 349 g/mol. The number of likely N-dealkylation sites (tertiary alicyclic amines) is 1. The first-order valence-corrected chi connectivity index (χ1v) is 8.40. The molecular formula is C16H23N5O4. The van der Waals surface area contributed by atoms with Crippen LogP contribution in [0.2, 0.25) is 0 Å². The van der Waals surface area contributed by atoms with Crippen LogP contribution in [-0.4, -0.2) is 61.2 Å². The Morgan fingerprint density at radius 3 is 2.80 bits per heavy atom. The van der Waals surface area contributed by atoms with E-state index >= 15 is 0 Å². The van der Waals surface area contributed by atoms with Gasteiger partial charge >= 0.3 is 0 Å². The molecule has 9 nitrogen and oxygen atoms in total. The maximum absolute atomic E-state index is 10.3. The molecule has 0 amide bonds. The number of carboxylic acid groups (broad SMARTS) is 1.